The van der Waals surface area contributed by atoms with Gasteiger partial charge in [-0.3, -0.25) is 0 Å². The molecule has 0 saturated heterocycles. The number of fused-ring (bicyclic) bond motifs is 3. The van der Waals surface area contributed by atoms with Crippen molar-refractivity contribution in [2.45, 2.75) is 34.1 Å². The number of hydrogen-bond donors (Lipinski definition) is 0. The van der Waals surface area contributed by atoms with Crippen LogP contribution in [-0.4, -0.2) is 3.26 Å². The van der Waals surface area contributed by atoms with Crippen molar-refractivity contribution in [3.63, 3.8) is 0 Å². The summed E-state index contributed by atoms with van der Waals surface area (Å²) in [6.45, 7) is 8.55. The Morgan fingerprint density at radius 3 is 1.74 bits per heavy atom. The van der Waals surface area contributed by atoms with E-state index in [0.29, 0.717) is 0 Å². The minimum Gasteiger partial charge on any atom is -1.00 e. The van der Waals surface area contributed by atoms with E-state index >= 15 is 0 Å². The first-order valence-electron chi connectivity index (χ1n) is 12.4. The maximum atomic E-state index is 3.45. The van der Waals surface area contributed by atoms with Crippen LogP contribution in [0.4, 0.5) is 0 Å². The molecule has 6 rings (SSSR count). The minimum atomic E-state index is 0. The molecule has 5 aromatic rings. The molecule has 0 amide bonds. The number of aryl methyl sites for hydroxylation is 4. The first kappa shape index (κ1) is 31.8. The van der Waals surface area contributed by atoms with Crippen LogP contribution in [0.3, 0.4) is 0 Å². The molecule has 38 heavy (non-hydrogen) atoms. The van der Waals surface area contributed by atoms with E-state index in [1.165, 1.54) is 58.9 Å². The molecule has 1 aliphatic carbocycles. The third-order valence-corrected chi connectivity index (χ3v) is 8.33. The molecule has 0 nitrogen and oxygen atoms in total. The molecular weight excluding hydrogens is 670 g/mol. The molecule has 5 aromatic carbocycles. The van der Waals surface area contributed by atoms with Crippen LogP contribution in [0.2, 0.25) is 0 Å². The first-order valence-corrected chi connectivity index (χ1v) is 14.2. The quantitative estimate of drug-likeness (QED) is 0.193. The fourth-order valence-corrected chi connectivity index (χ4v) is 5.58. The Bertz CT molecular complexity index is 1350. The molecule has 0 fully saturated rings. The van der Waals surface area contributed by atoms with E-state index in [-0.39, 0.29) is 24.8 Å². The SMILES string of the molecule is Cc1[c-]c2c(cc1)-c1ccc(C)cc1C2.Cc1cccc([C](=[Hf+2])c2cccc(C)c2)c1.[Cl-].[Cl-].c1cc[cH-]c1. The first-order chi connectivity index (χ1) is 17.4. The Morgan fingerprint density at radius 1 is 0.658 bits per heavy atom. The second kappa shape index (κ2) is 15.2. The summed E-state index contributed by atoms with van der Waals surface area (Å²) in [5.41, 5.74) is 13.6. The van der Waals surface area contributed by atoms with Crippen LogP contribution in [0.25, 0.3) is 11.1 Å². The second-order valence-electron chi connectivity index (χ2n) is 9.45. The Kier molecular flexibility index (Phi) is 12.7. The van der Waals surface area contributed by atoms with Crippen molar-refractivity contribution >= 4 is 3.26 Å². The van der Waals surface area contributed by atoms with Crippen LogP contribution in [0.5, 0.6) is 0 Å². The van der Waals surface area contributed by atoms with Crippen LogP contribution >= 0.6 is 0 Å². The largest absolute Gasteiger partial charge is 1.00 e. The van der Waals surface area contributed by atoms with Gasteiger partial charge >= 0.3 is 112 Å². The van der Waals surface area contributed by atoms with Gasteiger partial charge in [0.2, 0.25) is 0 Å². The molecule has 0 unspecified atom stereocenters. The monoisotopic (exact) mass is 702 g/mol. The van der Waals surface area contributed by atoms with E-state index < -0.39 is 0 Å². The van der Waals surface area contributed by atoms with E-state index in [2.05, 4.69) is 113 Å². The molecule has 0 aromatic heterocycles. The molecule has 1 aliphatic rings. The topological polar surface area (TPSA) is 0 Å². The molecule has 0 atom stereocenters. The number of hydrogen-bond acceptors (Lipinski definition) is 0. The van der Waals surface area contributed by atoms with Crippen molar-refractivity contribution < 1.29 is 48.7 Å². The molecular formula is C35H32Cl2Hf-2. The van der Waals surface area contributed by atoms with Crippen molar-refractivity contribution in [3.05, 3.63) is 160 Å². The van der Waals surface area contributed by atoms with E-state index in [4.69, 9.17) is 0 Å². The molecule has 0 N–H and O–H groups in total. The number of benzene rings is 4. The van der Waals surface area contributed by atoms with Crippen molar-refractivity contribution in [1.82, 2.24) is 0 Å². The fraction of sp³-hybridized carbons (Fsp3) is 0.143. The van der Waals surface area contributed by atoms with E-state index in [9.17, 15) is 0 Å². The average molecular weight is 702 g/mol. The molecule has 0 aliphatic heterocycles. The minimum absolute atomic E-state index is 0. The van der Waals surface area contributed by atoms with E-state index in [1.54, 1.807) is 0 Å². The van der Waals surface area contributed by atoms with Gasteiger partial charge in [0.25, 0.3) is 0 Å². The predicted octanol–water partition coefficient (Wildman–Crippen LogP) is 2.51. The molecule has 0 bridgehead atoms. The maximum absolute atomic E-state index is 3.45. The average Bonchev–Trinajstić information content (AvgIpc) is 3.55. The molecule has 0 heterocycles. The summed E-state index contributed by atoms with van der Waals surface area (Å²) in [5, 5.41) is 0. The Labute approximate surface area is 255 Å². The molecule has 0 saturated carbocycles. The van der Waals surface area contributed by atoms with Crippen LogP contribution in [0, 0.1) is 33.8 Å². The summed E-state index contributed by atoms with van der Waals surface area (Å²) in [7, 11) is 0. The van der Waals surface area contributed by atoms with Gasteiger partial charge < -0.3 is 24.8 Å². The van der Waals surface area contributed by atoms with E-state index in [0.717, 1.165) is 30.3 Å². The van der Waals surface area contributed by atoms with Gasteiger partial charge in [-0.1, -0.05) is 36.2 Å². The summed E-state index contributed by atoms with van der Waals surface area (Å²) >= 11 is 1.08. The standard InChI is InChI=1S/C15H13.C15H14.C5H5.2ClH.Hf/c1-10-3-5-14-12(7-10)9-13-8-11(2)4-6-15(13)14;1-12-5-3-7-14(9-12)11-15-8-4-6-13(2)10-15;1-2-4-5-3-1;;;/h3-7H,9H2,1-2H3;3-10H,1-2H3;1-5H;2*1H;/q-1;;-1;;;+2/p-2. The fourth-order valence-electron chi connectivity index (χ4n) is 4.46. The summed E-state index contributed by atoms with van der Waals surface area (Å²) in [6.07, 6.45) is 1.05. The maximum Gasteiger partial charge on any atom is -0.172 e. The third kappa shape index (κ3) is 8.53. The zero-order valence-corrected chi connectivity index (χ0v) is 27.5. The summed E-state index contributed by atoms with van der Waals surface area (Å²) in [5.74, 6) is 0. The Morgan fingerprint density at radius 2 is 1.21 bits per heavy atom. The van der Waals surface area contributed by atoms with Gasteiger partial charge in [-0.2, -0.15) is 42.0 Å². The molecule has 0 spiro atoms. The molecule has 0 radical (unpaired) electrons. The van der Waals surface area contributed by atoms with Crippen molar-refractivity contribution in [2.24, 2.45) is 0 Å². The van der Waals surface area contributed by atoms with Gasteiger partial charge in [0.05, 0.1) is 0 Å². The van der Waals surface area contributed by atoms with Gasteiger partial charge in [0.1, 0.15) is 0 Å². The van der Waals surface area contributed by atoms with Crippen LogP contribution < -0.4 is 24.8 Å². The number of halogens is 2. The van der Waals surface area contributed by atoms with Gasteiger partial charge in [0.15, 0.2) is 0 Å². The Balaban J connectivity index is 0.000000216. The van der Waals surface area contributed by atoms with Crippen molar-refractivity contribution in [3.8, 4) is 11.1 Å². The summed E-state index contributed by atoms with van der Waals surface area (Å²) < 4.78 is 1.48. The predicted molar refractivity (Wildman–Crippen MR) is 151 cm³/mol. The van der Waals surface area contributed by atoms with Crippen LogP contribution in [-0.2, 0) is 30.3 Å². The van der Waals surface area contributed by atoms with Crippen molar-refractivity contribution in [1.29, 1.82) is 0 Å². The smallest absolute Gasteiger partial charge is 0.172 e. The van der Waals surface area contributed by atoms with Gasteiger partial charge in [-0.05, 0) is 18.9 Å². The van der Waals surface area contributed by atoms with Crippen LogP contribution in [0.15, 0.2) is 109 Å². The van der Waals surface area contributed by atoms with Crippen LogP contribution in [0.1, 0.15) is 44.5 Å². The molecule has 3 heteroatoms. The van der Waals surface area contributed by atoms with E-state index in [1.807, 2.05) is 30.3 Å². The van der Waals surface area contributed by atoms with Gasteiger partial charge in [-0.25, -0.2) is 12.1 Å². The normalized spacial score (nSPS) is 10.3. The van der Waals surface area contributed by atoms with Gasteiger partial charge in [-0.15, -0.1) is 11.1 Å². The zero-order chi connectivity index (χ0) is 25.5. The van der Waals surface area contributed by atoms with Crippen molar-refractivity contribution in [2.75, 3.05) is 0 Å². The van der Waals surface area contributed by atoms with Gasteiger partial charge in [0, 0.05) is 0 Å². The zero-order valence-electron chi connectivity index (χ0n) is 22.4. The number of rotatable bonds is 2. The second-order valence-corrected chi connectivity index (χ2v) is 11.2. The summed E-state index contributed by atoms with van der Waals surface area (Å²) in [4.78, 5) is 0. The summed E-state index contributed by atoms with van der Waals surface area (Å²) in [6, 6.07) is 42.1. The molecule has 192 valence electrons. The third-order valence-electron chi connectivity index (χ3n) is 6.26. The Hall–Kier alpha value is -2.45.